The summed E-state index contributed by atoms with van der Waals surface area (Å²) in [6, 6.07) is 9.45. The Balaban J connectivity index is 2.28. The van der Waals surface area contributed by atoms with Crippen LogP contribution in [-0.2, 0) is 13.1 Å². The Hall–Kier alpha value is -1.94. The number of hydrogen-bond acceptors (Lipinski definition) is 3. The highest BCUT2D eigenvalue weighted by Gasteiger charge is 2.00. The monoisotopic (exact) mass is 229 g/mol. The zero-order valence-electron chi connectivity index (χ0n) is 9.76. The van der Waals surface area contributed by atoms with Gasteiger partial charge in [-0.25, -0.2) is 4.68 Å². The molecule has 0 amide bonds. The molecule has 0 spiro atoms. The molecular weight excluding hydrogens is 214 g/mol. The quantitative estimate of drug-likeness (QED) is 0.856. The van der Waals surface area contributed by atoms with Crippen molar-refractivity contribution in [3.63, 3.8) is 0 Å². The molecule has 88 valence electrons. The highest BCUT2D eigenvalue weighted by molar-refractivity contribution is 5.23. The molecular formula is C13H15N3O. The van der Waals surface area contributed by atoms with Crippen LogP contribution < -0.4 is 11.3 Å². The molecule has 0 bridgehead atoms. The first kappa shape index (κ1) is 11.5. The zero-order chi connectivity index (χ0) is 12.3. The lowest BCUT2D eigenvalue weighted by Crippen LogP contribution is -2.22. The number of rotatable bonds is 3. The van der Waals surface area contributed by atoms with Crippen molar-refractivity contribution in [1.82, 2.24) is 9.78 Å². The third kappa shape index (κ3) is 2.79. The van der Waals surface area contributed by atoms with E-state index in [2.05, 4.69) is 5.10 Å². The van der Waals surface area contributed by atoms with Crippen LogP contribution in [0.5, 0.6) is 0 Å². The normalized spacial score (nSPS) is 10.5. The van der Waals surface area contributed by atoms with E-state index in [-0.39, 0.29) is 5.56 Å². The SMILES string of the molecule is Cc1cnn(Cc2cccc(CN)c2)c(=O)c1. The topological polar surface area (TPSA) is 60.9 Å². The van der Waals surface area contributed by atoms with Crippen LogP contribution in [0.1, 0.15) is 16.7 Å². The molecule has 0 aliphatic heterocycles. The van der Waals surface area contributed by atoms with Gasteiger partial charge in [0.1, 0.15) is 0 Å². The Morgan fingerprint density at radius 1 is 1.29 bits per heavy atom. The van der Waals surface area contributed by atoms with Crippen LogP contribution in [0.15, 0.2) is 41.3 Å². The number of aromatic nitrogens is 2. The number of nitrogens with zero attached hydrogens (tertiary/aromatic N) is 2. The second-order valence-corrected chi connectivity index (χ2v) is 4.05. The lowest BCUT2D eigenvalue weighted by Gasteiger charge is -2.06. The van der Waals surface area contributed by atoms with Gasteiger partial charge in [0.2, 0.25) is 0 Å². The smallest absolute Gasteiger partial charge is 0.267 e. The number of benzene rings is 1. The number of hydrogen-bond donors (Lipinski definition) is 1. The summed E-state index contributed by atoms with van der Waals surface area (Å²) < 4.78 is 1.45. The number of nitrogens with two attached hydrogens (primary N) is 1. The molecule has 0 atom stereocenters. The van der Waals surface area contributed by atoms with E-state index < -0.39 is 0 Å². The molecule has 4 heteroatoms. The van der Waals surface area contributed by atoms with Crippen LogP contribution in [0.2, 0.25) is 0 Å². The maximum absolute atomic E-state index is 11.7. The van der Waals surface area contributed by atoms with Crippen molar-refractivity contribution in [2.75, 3.05) is 0 Å². The molecule has 0 aliphatic rings. The first-order valence-electron chi connectivity index (χ1n) is 5.50. The van der Waals surface area contributed by atoms with Crippen LogP contribution in [0.3, 0.4) is 0 Å². The Bertz CT molecular complexity index is 575. The first-order chi connectivity index (χ1) is 8.19. The molecule has 0 fully saturated rings. The highest BCUT2D eigenvalue weighted by Crippen LogP contribution is 2.05. The summed E-state index contributed by atoms with van der Waals surface area (Å²) in [6.45, 7) is 2.84. The minimum absolute atomic E-state index is 0.0804. The van der Waals surface area contributed by atoms with E-state index in [1.165, 1.54) is 4.68 Å². The molecule has 0 unspecified atom stereocenters. The lowest BCUT2D eigenvalue weighted by atomic mass is 10.1. The van der Waals surface area contributed by atoms with E-state index in [1.807, 2.05) is 31.2 Å². The fraction of sp³-hybridized carbons (Fsp3) is 0.231. The second-order valence-electron chi connectivity index (χ2n) is 4.05. The lowest BCUT2D eigenvalue weighted by molar-refractivity contribution is 0.635. The predicted molar refractivity (Wildman–Crippen MR) is 66.7 cm³/mol. The minimum atomic E-state index is -0.0804. The van der Waals surface area contributed by atoms with Crippen LogP contribution in [0, 0.1) is 6.92 Å². The summed E-state index contributed by atoms with van der Waals surface area (Å²) in [7, 11) is 0. The number of aryl methyl sites for hydroxylation is 1. The van der Waals surface area contributed by atoms with Crippen molar-refractivity contribution < 1.29 is 0 Å². The summed E-state index contributed by atoms with van der Waals surface area (Å²) in [5, 5.41) is 4.10. The van der Waals surface area contributed by atoms with Gasteiger partial charge < -0.3 is 5.73 Å². The molecule has 2 rings (SSSR count). The molecule has 1 aromatic carbocycles. The van der Waals surface area contributed by atoms with E-state index in [0.717, 1.165) is 16.7 Å². The Morgan fingerprint density at radius 2 is 2.06 bits per heavy atom. The van der Waals surface area contributed by atoms with Gasteiger partial charge in [0.05, 0.1) is 12.7 Å². The molecule has 1 aromatic heterocycles. The standard InChI is InChI=1S/C13H15N3O/c1-10-5-13(17)16(15-8-10)9-12-4-2-3-11(6-12)7-14/h2-6,8H,7,9,14H2,1H3. The van der Waals surface area contributed by atoms with Crippen molar-refractivity contribution in [3.8, 4) is 0 Å². The Labute approximate surface area is 99.7 Å². The summed E-state index contributed by atoms with van der Waals surface area (Å²) >= 11 is 0. The molecule has 0 saturated carbocycles. The molecule has 0 radical (unpaired) electrons. The molecule has 4 nitrogen and oxygen atoms in total. The maximum Gasteiger partial charge on any atom is 0.267 e. The summed E-state index contributed by atoms with van der Waals surface area (Å²) in [6.07, 6.45) is 1.69. The third-order valence-corrected chi connectivity index (χ3v) is 2.57. The van der Waals surface area contributed by atoms with Gasteiger partial charge in [0.15, 0.2) is 0 Å². The van der Waals surface area contributed by atoms with Gasteiger partial charge in [-0.3, -0.25) is 4.79 Å². The highest BCUT2D eigenvalue weighted by atomic mass is 16.1. The third-order valence-electron chi connectivity index (χ3n) is 2.57. The van der Waals surface area contributed by atoms with Gasteiger partial charge >= 0.3 is 0 Å². The summed E-state index contributed by atoms with van der Waals surface area (Å²) in [5.41, 5.74) is 8.47. The van der Waals surface area contributed by atoms with Gasteiger partial charge in [0, 0.05) is 12.6 Å². The Morgan fingerprint density at radius 3 is 2.76 bits per heavy atom. The van der Waals surface area contributed by atoms with E-state index >= 15 is 0 Å². The second kappa shape index (κ2) is 4.93. The van der Waals surface area contributed by atoms with E-state index in [9.17, 15) is 4.79 Å². The summed E-state index contributed by atoms with van der Waals surface area (Å²) in [4.78, 5) is 11.7. The fourth-order valence-corrected chi connectivity index (χ4v) is 1.67. The van der Waals surface area contributed by atoms with E-state index in [4.69, 9.17) is 5.73 Å². The van der Waals surface area contributed by atoms with Gasteiger partial charge in [-0.05, 0) is 23.6 Å². The van der Waals surface area contributed by atoms with E-state index in [0.29, 0.717) is 13.1 Å². The molecule has 17 heavy (non-hydrogen) atoms. The molecule has 2 aromatic rings. The van der Waals surface area contributed by atoms with Gasteiger partial charge in [0.25, 0.3) is 5.56 Å². The van der Waals surface area contributed by atoms with Gasteiger partial charge in [-0.1, -0.05) is 24.3 Å². The molecule has 0 saturated heterocycles. The zero-order valence-corrected chi connectivity index (χ0v) is 9.76. The minimum Gasteiger partial charge on any atom is -0.326 e. The average molecular weight is 229 g/mol. The van der Waals surface area contributed by atoms with Crippen LogP contribution in [0.4, 0.5) is 0 Å². The maximum atomic E-state index is 11.7. The van der Waals surface area contributed by atoms with Gasteiger partial charge in [-0.15, -0.1) is 0 Å². The molecule has 1 heterocycles. The average Bonchev–Trinajstić information content (AvgIpc) is 2.33. The van der Waals surface area contributed by atoms with Crippen molar-refractivity contribution in [2.45, 2.75) is 20.0 Å². The van der Waals surface area contributed by atoms with Crippen LogP contribution in [-0.4, -0.2) is 9.78 Å². The fourth-order valence-electron chi connectivity index (χ4n) is 1.67. The predicted octanol–water partition coefficient (Wildman–Crippen LogP) is 1.06. The van der Waals surface area contributed by atoms with Crippen LogP contribution >= 0.6 is 0 Å². The largest absolute Gasteiger partial charge is 0.326 e. The van der Waals surface area contributed by atoms with Crippen molar-refractivity contribution in [3.05, 3.63) is 63.6 Å². The van der Waals surface area contributed by atoms with E-state index in [1.54, 1.807) is 12.3 Å². The molecule has 2 N–H and O–H groups in total. The van der Waals surface area contributed by atoms with Crippen LogP contribution in [0.25, 0.3) is 0 Å². The first-order valence-corrected chi connectivity index (χ1v) is 5.50. The van der Waals surface area contributed by atoms with Crippen molar-refractivity contribution in [2.24, 2.45) is 5.73 Å². The molecule has 0 aliphatic carbocycles. The van der Waals surface area contributed by atoms with Gasteiger partial charge in [-0.2, -0.15) is 5.10 Å². The van der Waals surface area contributed by atoms with Crippen molar-refractivity contribution in [1.29, 1.82) is 0 Å². The Kier molecular flexibility index (Phi) is 3.35. The van der Waals surface area contributed by atoms with Crippen molar-refractivity contribution >= 4 is 0 Å². The summed E-state index contributed by atoms with van der Waals surface area (Å²) in [5.74, 6) is 0.